The number of allylic oxidation sites excluding steroid dienone is 8. The number of anilines is 2. The van der Waals surface area contributed by atoms with Crippen LogP contribution in [0, 0.1) is 0 Å². The van der Waals surface area contributed by atoms with Gasteiger partial charge in [-0.15, -0.1) is 0 Å². The van der Waals surface area contributed by atoms with Crippen molar-refractivity contribution < 1.29 is 81.3 Å². The summed E-state index contributed by atoms with van der Waals surface area (Å²) < 4.78 is 139. The van der Waals surface area contributed by atoms with E-state index in [9.17, 15) is 76.7 Å². The quantitative estimate of drug-likeness (QED) is 0.0133. The summed E-state index contributed by atoms with van der Waals surface area (Å²) in [5.74, 6) is -1.62. The molecule has 1 saturated heterocycles. The van der Waals surface area contributed by atoms with E-state index in [1.807, 2.05) is 56.9 Å². The first-order valence-electron chi connectivity index (χ1n) is 28.9. The molecule has 9 N–H and O–H groups in total. The molecule has 0 saturated carbocycles. The number of rotatable bonds is 25. The van der Waals surface area contributed by atoms with Crippen molar-refractivity contribution in [2.75, 3.05) is 35.7 Å². The molecule has 3 aliphatic heterocycles. The fourth-order valence-electron chi connectivity index (χ4n) is 11.9. The number of pyridine rings is 1. The lowest BCUT2D eigenvalue weighted by molar-refractivity contribution is -0.438. The second kappa shape index (κ2) is 27.2. The number of hydrazine groups is 1. The Hall–Kier alpha value is -7.03. The van der Waals surface area contributed by atoms with E-state index < -0.39 is 81.1 Å². The van der Waals surface area contributed by atoms with E-state index in [0.29, 0.717) is 101 Å². The maximum atomic E-state index is 13.0. The van der Waals surface area contributed by atoms with Crippen molar-refractivity contribution in [2.24, 2.45) is 0 Å². The van der Waals surface area contributed by atoms with Gasteiger partial charge in [0.2, 0.25) is 17.5 Å². The van der Waals surface area contributed by atoms with E-state index in [-0.39, 0.29) is 50.0 Å². The number of nitrogens with zero attached hydrogens (tertiary/aromatic N) is 5. The van der Waals surface area contributed by atoms with E-state index in [1.54, 1.807) is 24.3 Å². The Morgan fingerprint density at radius 1 is 0.753 bits per heavy atom. The van der Waals surface area contributed by atoms with Crippen LogP contribution in [0.15, 0.2) is 140 Å². The number of carbonyl (C=O) groups excluding carboxylic acids is 3. The number of aromatic nitrogens is 1. The average molecular weight is 1310 g/mol. The molecule has 1 fully saturated rings. The van der Waals surface area contributed by atoms with Crippen molar-refractivity contribution in [3.05, 3.63) is 148 Å². The minimum atomic E-state index is -4.59. The van der Waals surface area contributed by atoms with Crippen LogP contribution in [0.5, 0.6) is 0 Å². The van der Waals surface area contributed by atoms with Crippen LogP contribution in [0.4, 0.5) is 17.2 Å². The van der Waals surface area contributed by atoms with Crippen LogP contribution in [-0.4, -0.2) is 143 Å². The molecule has 8 rings (SSSR count). The van der Waals surface area contributed by atoms with Gasteiger partial charge in [-0.25, -0.2) is 4.98 Å². The predicted molar refractivity (Wildman–Crippen MR) is 329 cm³/mol. The van der Waals surface area contributed by atoms with Gasteiger partial charge in [-0.1, -0.05) is 38.1 Å². The predicted octanol–water partition coefficient (Wildman–Crippen LogP) is 7.60. The Kier molecular flexibility index (Phi) is 20.8. The van der Waals surface area contributed by atoms with Crippen molar-refractivity contribution in [3.63, 3.8) is 0 Å². The molecule has 0 spiro atoms. The number of likely N-dealkylation sites (tertiary alicyclic amines) is 1. The van der Waals surface area contributed by atoms with Gasteiger partial charge in [0, 0.05) is 66.6 Å². The Balaban J connectivity index is 1.03. The summed E-state index contributed by atoms with van der Waals surface area (Å²) >= 11 is 0. The van der Waals surface area contributed by atoms with Gasteiger partial charge in [0.1, 0.15) is 24.6 Å². The molecular formula is C60H75N8O17S4+. The molecule has 4 aliphatic rings. The third-order valence-electron chi connectivity index (χ3n) is 16.6. The first-order chi connectivity index (χ1) is 41.6. The number of hydrogen-bond donors (Lipinski definition) is 9. The number of fused-ring (bicyclic) bond motifs is 2. The number of hydrogen-bond acceptors (Lipinski definition) is 17. The van der Waals surface area contributed by atoms with E-state index >= 15 is 0 Å². The van der Waals surface area contributed by atoms with Crippen LogP contribution in [-0.2, 0) is 67.3 Å². The number of benzene rings is 3. The molecule has 1 aliphatic carbocycles. The average Bonchev–Trinajstić information content (AvgIpc) is 1.84. The normalized spacial score (nSPS) is 18.9. The Morgan fingerprint density at radius 2 is 1.42 bits per heavy atom. The zero-order valence-corrected chi connectivity index (χ0v) is 53.1. The van der Waals surface area contributed by atoms with Crippen LogP contribution in [0.2, 0.25) is 0 Å². The van der Waals surface area contributed by atoms with Crippen LogP contribution in [0.1, 0.15) is 132 Å². The van der Waals surface area contributed by atoms with E-state index in [0.717, 1.165) is 39.4 Å². The third kappa shape index (κ3) is 16.3. The molecule has 25 nitrogen and oxygen atoms in total. The molecule has 3 amide bonds. The largest absolute Gasteiger partial charge is 0.344 e. The topological polar surface area (TPSA) is 371 Å². The number of amides is 3. The van der Waals surface area contributed by atoms with E-state index in [2.05, 4.69) is 25.7 Å². The molecule has 89 heavy (non-hydrogen) atoms. The number of nitrogens with one attached hydrogen (secondary N) is 3. The maximum absolute atomic E-state index is 13.0. The molecule has 29 heteroatoms. The number of hydroxylamine groups is 2. The lowest BCUT2D eigenvalue weighted by atomic mass is 9.80. The van der Waals surface area contributed by atoms with Crippen LogP contribution >= 0.6 is 0 Å². The fourth-order valence-corrected chi connectivity index (χ4v) is 14.0. The fraction of sp³-hybridized carbons (Fsp3) is 0.417. The summed E-state index contributed by atoms with van der Waals surface area (Å²) in [6.07, 6.45) is 13.7. The third-order valence-corrected chi connectivity index (χ3v) is 20.0. The zero-order valence-electron chi connectivity index (χ0n) is 49.8. The Morgan fingerprint density at radius 3 is 2.06 bits per heavy atom. The standard InChI is InChI=1S/C60H74N8O17S4/c1-39(58(71)67-33-12-16-56(67)68(72)73)62-57(70)43-21-30-54(61-38-43)63-64-55(69)15-7-6-8-31-65-50-26-24-45(88(80,81)82)36-48(50)59(2,3)52(65)28-19-41-13-11-14-42(47(41)35-40-17-22-44(23-18-40)87(77,78)79)20-29-53-60(4,5)49-37-46(89(83,84)85)25-27-51(49)66(53)32-9-10-34-86(74,75)76/h17-30,36-39,56,72-73H,6-16,31-35H2,1-5H3,(H6-,61,62,63,64,69,70,74,75,76,77,78,79,80,81,82,83,84,85)/p+1/t39-,56-/m1/s1. The van der Waals surface area contributed by atoms with Gasteiger partial charge in [0.05, 0.1) is 31.4 Å². The molecule has 3 aromatic carbocycles. The molecule has 0 unspecified atom stereocenters. The minimum Gasteiger partial charge on any atom is -0.344 e. The molecule has 0 radical (unpaired) electrons. The highest BCUT2D eigenvalue weighted by atomic mass is 32.2. The van der Waals surface area contributed by atoms with Gasteiger partial charge in [0.25, 0.3) is 46.4 Å². The summed E-state index contributed by atoms with van der Waals surface area (Å²) in [5, 5.41) is 21.6. The Bertz CT molecular complexity index is 4030. The SMILES string of the molecule is C[C@@H](NC(=O)c1ccc(NNC(=O)CCCCC[N+]2=C(C=CC3=C(Cc4ccc(S(=O)(=O)O)cc4)C(=CC=C4N(CCCCS(=O)(=O)O)c5ccc(S(=O)(=O)O)cc5C4(C)C)CCC3)C(C)(C)c3cc(S(=O)(=O)O)ccc32)nc1)C(=O)N1CCC[C@H]1N(O)O. The first kappa shape index (κ1) is 67.9. The van der Waals surface area contributed by atoms with E-state index in [1.165, 1.54) is 66.6 Å². The number of carbonyl (C=O) groups is 3. The van der Waals surface area contributed by atoms with Crippen molar-refractivity contribution in [3.8, 4) is 0 Å². The summed E-state index contributed by atoms with van der Waals surface area (Å²) in [5.41, 5.74) is 11.5. The van der Waals surface area contributed by atoms with Crippen molar-refractivity contribution >= 4 is 81.1 Å². The Labute approximate surface area is 518 Å². The van der Waals surface area contributed by atoms with Crippen LogP contribution in [0.3, 0.4) is 0 Å². The molecular weight excluding hydrogens is 1230 g/mol. The minimum absolute atomic E-state index is 0.0112. The molecule has 1 aromatic heterocycles. The van der Waals surface area contributed by atoms with Crippen LogP contribution < -0.4 is 21.1 Å². The summed E-state index contributed by atoms with van der Waals surface area (Å²) in [6.45, 7) is 10.2. The molecule has 2 atom stereocenters. The lowest BCUT2D eigenvalue weighted by Gasteiger charge is -2.29. The van der Waals surface area contributed by atoms with Crippen LogP contribution in [0.25, 0.3) is 0 Å². The monoisotopic (exact) mass is 1310 g/mol. The first-order valence-corrected chi connectivity index (χ1v) is 34.9. The zero-order chi connectivity index (χ0) is 65.0. The van der Waals surface area contributed by atoms with Gasteiger partial charge in [0.15, 0.2) is 5.71 Å². The molecule has 4 aromatic rings. The maximum Gasteiger partial charge on any atom is 0.294 e. The van der Waals surface area contributed by atoms with Crippen molar-refractivity contribution in [1.82, 2.24) is 25.9 Å². The smallest absolute Gasteiger partial charge is 0.294 e. The van der Waals surface area contributed by atoms with Gasteiger partial charge >= 0.3 is 0 Å². The summed E-state index contributed by atoms with van der Waals surface area (Å²) in [4.78, 5) is 45.5. The summed E-state index contributed by atoms with van der Waals surface area (Å²) in [7, 11) is -17.9. The van der Waals surface area contributed by atoms with Crippen molar-refractivity contribution in [1.29, 1.82) is 0 Å². The second-order valence-corrected chi connectivity index (χ2v) is 29.4. The highest BCUT2D eigenvalue weighted by Crippen LogP contribution is 2.49. The molecule has 0 bridgehead atoms. The van der Waals surface area contributed by atoms with Gasteiger partial charge < -0.3 is 15.1 Å². The highest BCUT2D eigenvalue weighted by Gasteiger charge is 2.45. The van der Waals surface area contributed by atoms with E-state index in [4.69, 9.17) is 0 Å². The van der Waals surface area contributed by atoms with Gasteiger partial charge in [-0.2, -0.15) is 38.2 Å². The van der Waals surface area contributed by atoms with Crippen molar-refractivity contribution in [2.45, 2.75) is 149 Å². The number of unbranched alkanes of at least 4 members (excludes halogenated alkanes) is 3. The molecule has 480 valence electrons. The highest BCUT2D eigenvalue weighted by molar-refractivity contribution is 7.86. The van der Waals surface area contributed by atoms with Gasteiger partial charge in [-0.05, 0) is 179 Å². The lowest BCUT2D eigenvalue weighted by Crippen LogP contribution is -2.52. The van der Waals surface area contributed by atoms with Gasteiger partial charge in [-0.3, -0.25) is 53.9 Å². The summed E-state index contributed by atoms with van der Waals surface area (Å²) in [6, 6.07) is 16.6. The second-order valence-electron chi connectivity index (χ2n) is 23.6. The molecule has 4 heterocycles.